The molecule has 0 fully saturated rings. The average molecular weight is 532 g/mol. The van der Waals surface area contributed by atoms with Crippen LogP contribution in [0.15, 0.2) is 0 Å². The van der Waals surface area contributed by atoms with Crippen LogP contribution >= 0.6 is 8.60 Å². The summed E-state index contributed by atoms with van der Waals surface area (Å²) in [5, 5.41) is 0. The molecule has 36 heavy (non-hydrogen) atoms. The molecule has 0 amide bonds. The summed E-state index contributed by atoms with van der Waals surface area (Å²) in [6.07, 6.45) is 30.2. The zero-order valence-corrected chi connectivity index (χ0v) is 25.9. The van der Waals surface area contributed by atoms with Crippen LogP contribution in [0.5, 0.6) is 0 Å². The third-order valence-corrected chi connectivity index (χ3v) is 7.98. The Balaban J connectivity index is 3.74. The number of rotatable bonds is 31. The lowest BCUT2D eigenvalue weighted by molar-refractivity contribution is 0.193. The molecule has 0 spiro atoms. The summed E-state index contributed by atoms with van der Waals surface area (Å²) in [5.74, 6) is 0. The molecule has 0 aliphatic heterocycles. The highest BCUT2D eigenvalue weighted by Crippen LogP contribution is 2.33. The summed E-state index contributed by atoms with van der Waals surface area (Å²) >= 11 is 0. The predicted molar refractivity (Wildman–Crippen MR) is 161 cm³/mol. The van der Waals surface area contributed by atoms with E-state index in [4.69, 9.17) is 9.05 Å². The van der Waals surface area contributed by atoms with Gasteiger partial charge in [0.15, 0.2) is 0 Å². The second-order valence-electron chi connectivity index (χ2n) is 10.8. The molecule has 0 bridgehead atoms. The molecule has 0 saturated heterocycles. The zero-order chi connectivity index (χ0) is 26.4. The highest BCUT2D eigenvalue weighted by molar-refractivity contribution is 7.40. The number of unbranched alkanes of at least 4 members (excludes halogenated alkanes) is 19. The van der Waals surface area contributed by atoms with Gasteiger partial charge in [-0.2, -0.15) is 0 Å². The van der Waals surface area contributed by atoms with Crippen molar-refractivity contribution in [2.45, 2.75) is 168 Å². The summed E-state index contributed by atoms with van der Waals surface area (Å²) in [4.78, 5) is 12.6. The van der Waals surface area contributed by atoms with Gasteiger partial charge in [-0.25, -0.2) is 0 Å². The molecule has 0 aromatic carbocycles. The van der Waals surface area contributed by atoms with Gasteiger partial charge in [-0.15, -0.1) is 0 Å². The van der Waals surface area contributed by atoms with Gasteiger partial charge < -0.3 is 18.8 Å². The third kappa shape index (κ3) is 28.8. The van der Waals surface area contributed by atoms with Crippen molar-refractivity contribution < 1.29 is 13.9 Å². The van der Waals surface area contributed by atoms with E-state index >= 15 is 0 Å². The van der Waals surface area contributed by atoms with Crippen molar-refractivity contribution in [1.29, 1.82) is 0 Å². The fourth-order valence-electron chi connectivity index (χ4n) is 4.74. The van der Waals surface area contributed by atoms with E-state index in [1.807, 2.05) is 0 Å². The van der Waals surface area contributed by atoms with Gasteiger partial charge in [-0.3, -0.25) is 0 Å². The first kappa shape index (κ1) is 36.3. The van der Waals surface area contributed by atoms with Crippen LogP contribution in [0.1, 0.15) is 168 Å². The summed E-state index contributed by atoms with van der Waals surface area (Å²) in [6, 6.07) is 0. The highest BCUT2D eigenvalue weighted by atomic mass is 31.2. The Morgan fingerprint density at radius 1 is 0.417 bits per heavy atom. The van der Waals surface area contributed by atoms with E-state index in [2.05, 4.69) is 25.7 Å². The van der Waals surface area contributed by atoms with Crippen LogP contribution in [-0.2, 0) is 9.05 Å². The fraction of sp³-hybridized carbons (Fsp3) is 1.00. The largest absolute Gasteiger partial charge is 0.329 e. The van der Waals surface area contributed by atoms with Gasteiger partial charge in [0.05, 0.1) is 13.2 Å². The van der Waals surface area contributed by atoms with E-state index < -0.39 is 8.60 Å². The Kier molecular flexibility index (Phi) is 31.7. The van der Waals surface area contributed by atoms with Gasteiger partial charge >= 0.3 is 8.60 Å². The smallest absolute Gasteiger partial charge is 0.328 e. The van der Waals surface area contributed by atoms with Crippen molar-refractivity contribution in [3.8, 4) is 0 Å². The Labute approximate surface area is 228 Å². The van der Waals surface area contributed by atoms with Crippen LogP contribution in [0.3, 0.4) is 0 Å². The van der Waals surface area contributed by atoms with Crippen LogP contribution in [0.25, 0.3) is 0 Å². The molecule has 5 heteroatoms. The fourth-order valence-corrected chi connectivity index (χ4v) is 5.38. The SMILES string of the molecule is CCCCCCCCCOP(O)OCCCCCCN(CCCCCCCC)CCCCCCCC. The molecule has 218 valence electrons. The molecule has 0 aliphatic rings. The standard InChI is InChI=1S/C31H66NO3P/c1-4-7-10-13-16-20-25-30-34-36(33)35-31-26-21-19-24-29-32(27-22-17-14-11-8-5-2)28-23-18-15-12-9-6-3/h33H,4-31H2,1-3H3. The molecule has 1 unspecified atom stereocenters. The van der Waals surface area contributed by atoms with E-state index in [0.717, 1.165) is 12.8 Å². The Hall–Kier alpha value is 0.270. The lowest BCUT2D eigenvalue weighted by Gasteiger charge is -2.22. The van der Waals surface area contributed by atoms with Crippen molar-refractivity contribution in [2.75, 3.05) is 32.8 Å². The van der Waals surface area contributed by atoms with E-state index in [1.165, 1.54) is 154 Å². The molecule has 1 N–H and O–H groups in total. The maximum atomic E-state index is 9.91. The second kappa shape index (κ2) is 31.5. The van der Waals surface area contributed by atoms with Crippen LogP contribution in [0, 0.1) is 0 Å². The lowest BCUT2D eigenvalue weighted by atomic mass is 10.1. The summed E-state index contributed by atoms with van der Waals surface area (Å²) in [7, 11) is -1.68. The Morgan fingerprint density at radius 3 is 1.03 bits per heavy atom. The van der Waals surface area contributed by atoms with E-state index in [9.17, 15) is 4.89 Å². The number of hydrogen-bond donors (Lipinski definition) is 1. The maximum absolute atomic E-state index is 9.91. The minimum Gasteiger partial charge on any atom is -0.328 e. The first-order valence-electron chi connectivity index (χ1n) is 16.2. The van der Waals surface area contributed by atoms with Gasteiger partial charge in [0.2, 0.25) is 0 Å². The van der Waals surface area contributed by atoms with Gasteiger partial charge in [0.1, 0.15) is 0 Å². The molecular formula is C31H66NO3P. The molecule has 4 nitrogen and oxygen atoms in total. The minimum absolute atomic E-state index is 0.623. The van der Waals surface area contributed by atoms with Crippen molar-refractivity contribution in [2.24, 2.45) is 0 Å². The topological polar surface area (TPSA) is 41.9 Å². The summed E-state index contributed by atoms with van der Waals surface area (Å²) in [6.45, 7) is 11.9. The summed E-state index contributed by atoms with van der Waals surface area (Å²) in [5.41, 5.74) is 0. The van der Waals surface area contributed by atoms with Crippen molar-refractivity contribution in [3.63, 3.8) is 0 Å². The number of hydrogen-bond acceptors (Lipinski definition) is 4. The molecule has 0 aromatic rings. The van der Waals surface area contributed by atoms with Crippen LogP contribution in [-0.4, -0.2) is 42.6 Å². The van der Waals surface area contributed by atoms with Crippen molar-refractivity contribution >= 4 is 8.60 Å². The monoisotopic (exact) mass is 531 g/mol. The Morgan fingerprint density at radius 2 is 0.694 bits per heavy atom. The van der Waals surface area contributed by atoms with E-state index in [1.54, 1.807) is 0 Å². The molecular weight excluding hydrogens is 465 g/mol. The lowest BCUT2D eigenvalue weighted by Crippen LogP contribution is -2.27. The van der Waals surface area contributed by atoms with Gasteiger partial charge in [-0.1, -0.05) is 136 Å². The van der Waals surface area contributed by atoms with Crippen molar-refractivity contribution in [1.82, 2.24) is 4.90 Å². The molecule has 0 aromatic heterocycles. The van der Waals surface area contributed by atoms with E-state index in [0.29, 0.717) is 13.2 Å². The quantitative estimate of drug-likeness (QED) is 0.0713. The highest BCUT2D eigenvalue weighted by Gasteiger charge is 2.07. The average Bonchev–Trinajstić information content (AvgIpc) is 2.88. The zero-order valence-electron chi connectivity index (χ0n) is 25.0. The summed E-state index contributed by atoms with van der Waals surface area (Å²) < 4.78 is 11.0. The van der Waals surface area contributed by atoms with Gasteiger partial charge in [-0.05, 0) is 51.7 Å². The van der Waals surface area contributed by atoms with Crippen LogP contribution in [0.4, 0.5) is 0 Å². The first-order chi connectivity index (χ1) is 17.7. The third-order valence-electron chi connectivity index (χ3n) is 7.18. The van der Waals surface area contributed by atoms with Crippen molar-refractivity contribution in [3.05, 3.63) is 0 Å². The van der Waals surface area contributed by atoms with Crippen LogP contribution in [0.2, 0.25) is 0 Å². The molecule has 1 atom stereocenters. The maximum Gasteiger partial charge on any atom is 0.329 e. The molecule has 0 aliphatic carbocycles. The first-order valence-corrected chi connectivity index (χ1v) is 17.3. The normalized spacial score (nSPS) is 12.6. The van der Waals surface area contributed by atoms with Gasteiger partial charge in [0.25, 0.3) is 0 Å². The van der Waals surface area contributed by atoms with E-state index in [-0.39, 0.29) is 0 Å². The van der Waals surface area contributed by atoms with Gasteiger partial charge in [0, 0.05) is 0 Å². The molecule has 0 heterocycles. The molecule has 0 rings (SSSR count). The van der Waals surface area contributed by atoms with Crippen LogP contribution < -0.4 is 0 Å². The molecule has 0 radical (unpaired) electrons. The second-order valence-corrected chi connectivity index (χ2v) is 11.8. The predicted octanol–water partition coefficient (Wildman–Crippen LogP) is 10.6. The Bertz CT molecular complexity index is 384. The number of nitrogens with zero attached hydrogens (tertiary/aromatic N) is 1. The molecule has 0 saturated carbocycles. The minimum atomic E-state index is -1.68.